The summed E-state index contributed by atoms with van der Waals surface area (Å²) in [4.78, 5) is 6.70. The Morgan fingerprint density at radius 3 is 2.47 bits per heavy atom. The van der Waals surface area contributed by atoms with E-state index >= 15 is 0 Å². The molecule has 1 heterocycles. The van der Waals surface area contributed by atoms with Gasteiger partial charge >= 0.3 is 0 Å². The predicted molar refractivity (Wildman–Crippen MR) is 77.4 cm³/mol. The summed E-state index contributed by atoms with van der Waals surface area (Å²) in [6, 6.07) is 4.08. The van der Waals surface area contributed by atoms with Gasteiger partial charge in [0.2, 0.25) is 0 Å². The summed E-state index contributed by atoms with van der Waals surface area (Å²) in [5.74, 6) is 0. The fourth-order valence-corrected chi connectivity index (χ4v) is 1.82. The molecule has 1 aromatic rings. The number of pyridine rings is 1. The molecule has 1 aromatic heterocycles. The Morgan fingerprint density at radius 2 is 1.89 bits per heavy atom. The molecule has 0 amide bonds. The lowest BCUT2D eigenvalue weighted by molar-refractivity contribution is 0.109. The minimum Gasteiger partial charge on any atom is -0.385 e. The average molecular weight is 267 g/mol. The van der Waals surface area contributed by atoms with Crippen molar-refractivity contribution >= 4 is 5.69 Å². The standard InChI is InChI=1S/C14H25N3O2/c1-4-15-13-5-6-16-14(11-13)12-17(7-9-18-2)8-10-19-3/h5-6,11H,4,7-10,12H2,1-3H3,(H,15,16). The Hall–Kier alpha value is -1.17. The molecule has 5 heteroatoms. The van der Waals surface area contributed by atoms with Gasteiger partial charge in [0, 0.05) is 52.3 Å². The van der Waals surface area contributed by atoms with Gasteiger partial charge in [-0.2, -0.15) is 0 Å². The van der Waals surface area contributed by atoms with Crippen LogP contribution in [0, 0.1) is 0 Å². The lowest BCUT2D eigenvalue weighted by atomic mass is 10.3. The number of anilines is 1. The number of nitrogens with one attached hydrogen (secondary N) is 1. The van der Waals surface area contributed by atoms with Crippen LogP contribution >= 0.6 is 0 Å². The molecule has 19 heavy (non-hydrogen) atoms. The Bertz CT molecular complexity index is 339. The van der Waals surface area contributed by atoms with Crippen LogP contribution < -0.4 is 5.32 Å². The van der Waals surface area contributed by atoms with Crippen LogP contribution in [0.4, 0.5) is 5.69 Å². The van der Waals surface area contributed by atoms with Crippen molar-refractivity contribution in [3.8, 4) is 0 Å². The lowest BCUT2D eigenvalue weighted by Gasteiger charge is -2.21. The number of nitrogens with zero attached hydrogens (tertiary/aromatic N) is 2. The summed E-state index contributed by atoms with van der Waals surface area (Å²) in [6.07, 6.45) is 1.85. The van der Waals surface area contributed by atoms with Crippen LogP contribution in [0.15, 0.2) is 18.3 Å². The van der Waals surface area contributed by atoms with E-state index in [1.165, 1.54) is 0 Å². The van der Waals surface area contributed by atoms with E-state index in [4.69, 9.17) is 9.47 Å². The minimum atomic E-state index is 0.719. The third-order valence-corrected chi connectivity index (χ3v) is 2.81. The quantitative estimate of drug-likeness (QED) is 0.698. The zero-order chi connectivity index (χ0) is 13.9. The maximum Gasteiger partial charge on any atom is 0.0589 e. The largest absolute Gasteiger partial charge is 0.385 e. The van der Waals surface area contributed by atoms with Crippen LogP contribution in [0.2, 0.25) is 0 Å². The number of hydrogen-bond donors (Lipinski definition) is 1. The Labute approximate surface area is 115 Å². The molecule has 0 atom stereocenters. The third kappa shape index (κ3) is 6.52. The molecule has 0 radical (unpaired) electrons. The van der Waals surface area contributed by atoms with Crippen LogP contribution in [-0.4, -0.2) is 57.0 Å². The Balaban J connectivity index is 2.57. The monoisotopic (exact) mass is 267 g/mol. The third-order valence-electron chi connectivity index (χ3n) is 2.81. The van der Waals surface area contributed by atoms with Gasteiger partial charge in [-0.15, -0.1) is 0 Å². The van der Waals surface area contributed by atoms with Gasteiger partial charge in [0.25, 0.3) is 0 Å². The van der Waals surface area contributed by atoms with E-state index in [0.29, 0.717) is 0 Å². The van der Waals surface area contributed by atoms with E-state index < -0.39 is 0 Å². The summed E-state index contributed by atoms with van der Waals surface area (Å²) >= 11 is 0. The van der Waals surface area contributed by atoms with Crippen LogP contribution in [0.5, 0.6) is 0 Å². The zero-order valence-corrected chi connectivity index (χ0v) is 12.2. The smallest absolute Gasteiger partial charge is 0.0589 e. The van der Waals surface area contributed by atoms with E-state index in [9.17, 15) is 0 Å². The van der Waals surface area contributed by atoms with Crippen molar-refractivity contribution < 1.29 is 9.47 Å². The van der Waals surface area contributed by atoms with Gasteiger partial charge < -0.3 is 14.8 Å². The molecule has 0 aliphatic rings. The van der Waals surface area contributed by atoms with Gasteiger partial charge in [-0.05, 0) is 19.1 Å². The predicted octanol–water partition coefficient (Wildman–Crippen LogP) is 1.61. The molecule has 0 saturated heterocycles. The van der Waals surface area contributed by atoms with E-state index in [1.54, 1.807) is 14.2 Å². The van der Waals surface area contributed by atoms with Crippen molar-refractivity contribution in [3.63, 3.8) is 0 Å². The molecule has 0 spiro atoms. The highest BCUT2D eigenvalue weighted by atomic mass is 16.5. The minimum absolute atomic E-state index is 0.719. The second-order valence-electron chi connectivity index (χ2n) is 4.33. The SMILES string of the molecule is CCNc1ccnc(CN(CCOC)CCOC)c1. The number of methoxy groups -OCH3 is 2. The molecule has 0 aromatic carbocycles. The van der Waals surface area contributed by atoms with Gasteiger partial charge in [-0.25, -0.2) is 0 Å². The van der Waals surface area contributed by atoms with Crippen LogP contribution in [0.25, 0.3) is 0 Å². The summed E-state index contributed by atoms with van der Waals surface area (Å²) in [5.41, 5.74) is 2.18. The van der Waals surface area contributed by atoms with Gasteiger partial charge in [-0.3, -0.25) is 9.88 Å². The van der Waals surface area contributed by atoms with Gasteiger partial charge in [-0.1, -0.05) is 0 Å². The fraction of sp³-hybridized carbons (Fsp3) is 0.643. The molecular weight excluding hydrogens is 242 g/mol. The molecule has 0 saturated carbocycles. The molecule has 0 unspecified atom stereocenters. The highest BCUT2D eigenvalue weighted by Crippen LogP contribution is 2.09. The molecular formula is C14H25N3O2. The van der Waals surface area contributed by atoms with Gasteiger partial charge in [0.1, 0.15) is 0 Å². The van der Waals surface area contributed by atoms with Crippen molar-refractivity contribution in [1.29, 1.82) is 0 Å². The first-order valence-electron chi connectivity index (χ1n) is 6.69. The van der Waals surface area contributed by atoms with Crippen molar-refractivity contribution in [3.05, 3.63) is 24.0 Å². The number of hydrogen-bond acceptors (Lipinski definition) is 5. The average Bonchev–Trinajstić information content (AvgIpc) is 2.42. The van der Waals surface area contributed by atoms with E-state index in [1.807, 2.05) is 12.3 Å². The molecule has 0 aliphatic carbocycles. The van der Waals surface area contributed by atoms with E-state index in [2.05, 4.69) is 28.2 Å². The molecule has 108 valence electrons. The second kappa shape index (κ2) is 9.72. The van der Waals surface area contributed by atoms with Gasteiger partial charge in [0.15, 0.2) is 0 Å². The van der Waals surface area contributed by atoms with Crippen LogP contribution in [0.1, 0.15) is 12.6 Å². The van der Waals surface area contributed by atoms with Crippen molar-refractivity contribution in [2.45, 2.75) is 13.5 Å². The number of aromatic nitrogens is 1. The summed E-state index contributed by atoms with van der Waals surface area (Å²) in [7, 11) is 3.44. The number of ether oxygens (including phenoxy) is 2. The Morgan fingerprint density at radius 1 is 1.21 bits per heavy atom. The first kappa shape index (κ1) is 15.9. The summed E-state index contributed by atoms with van der Waals surface area (Å²) in [5, 5.41) is 3.30. The molecule has 0 bridgehead atoms. The van der Waals surface area contributed by atoms with Crippen LogP contribution in [0.3, 0.4) is 0 Å². The molecule has 0 fully saturated rings. The number of rotatable bonds is 10. The normalized spacial score (nSPS) is 10.9. The van der Waals surface area contributed by atoms with Crippen LogP contribution in [-0.2, 0) is 16.0 Å². The van der Waals surface area contributed by atoms with E-state index in [0.717, 1.165) is 50.8 Å². The highest BCUT2D eigenvalue weighted by molar-refractivity contribution is 5.42. The molecule has 0 aliphatic heterocycles. The lowest BCUT2D eigenvalue weighted by Crippen LogP contribution is -2.30. The first-order chi connectivity index (χ1) is 9.30. The van der Waals surface area contributed by atoms with E-state index in [-0.39, 0.29) is 0 Å². The highest BCUT2D eigenvalue weighted by Gasteiger charge is 2.07. The summed E-state index contributed by atoms with van der Waals surface area (Å²) in [6.45, 7) is 7.02. The van der Waals surface area contributed by atoms with Crippen molar-refractivity contribution in [2.75, 3.05) is 52.4 Å². The first-order valence-corrected chi connectivity index (χ1v) is 6.69. The van der Waals surface area contributed by atoms with Gasteiger partial charge in [0.05, 0.1) is 18.9 Å². The molecule has 1 rings (SSSR count). The second-order valence-corrected chi connectivity index (χ2v) is 4.33. The maximum absolute atomic E-state index is 5.14. The maximum atomic E-state index is 5.14. The Kier molecular flexibility index (Phi) is 8.13. The molecule has 1 N–H and O–H groups in total. The zero-order valence-electron chi connectivity index (χ0n) is 12.2. The topological polar surface area (TPSA) is 46.6 Å². The van der Waals surface area contributed by atoms with Crippen molar-refractivity contribution in [2.24, 2.45) is 0 Å². The summed E-state index contributed by atoms with van der Waals surface area (Å²) < 4.78 is 10.3. The fourth-order valence-electron chi connectivity index (χ4n) is 1.82. The van der Waals surface area contributed by atoms with Crippen molar-refractivity contribution in [1.82, 2.24) is 9.88 Å². The molecule has 5 nitrogen and oxygen atoms in total.